The number of benzene rings is 1. The quantitative estimate of drug-likeness (QED) is 0.673. The molecule has 2 amide bonds. The van der Waals surface area contributed by atoms with Crippen molar-refractivity contribution in [3.63, 3.8) is 0 Å². The van der Waals surface area contributed by atoms with Crippen LogP contribution in [0.2, 0.25) is 0 Å². The van der Waals surface area contributed by atoms with Gasteiger partial charge in [-0.15, -0.1) is 0 Å². The summed E-state index contributed by atoms with van der Waals surface area (Å²) >= 11 is 0. The van der Waals surface area contributed by atoms with E-state index in [0.717, 1.165) is 0 Å². The molecule has 1 heterocycles. The Bertz CT molecular complexity index is 624. The summed E-state index contributed by atoms with van der Waals surface area (Å²) in [5.41, 5.74) is 0.160. The number of methoxy groups -OCH3 is 1. The number of ether oxygens (including phenoxy) is 1. The number of rotatable bonds is 4. The van der Waals surface area contributed by atoms with Gasteiger partial charge in [-0.05, 0) is 25.0 Å². The van der Waals surface area contributed by atoms with Crippen LogP contribution in [-0.4, -0.2) is 41.8 Å². The molecule has 0 aliphatic carbocycles. The third-order valence-corrected chi connectivity index (χ3v) is 3.95. The van der Waals surface area contributed by atoms with Gasteiger partial charge in [0.1, 0.15) is 0 Å². The van der Waals surface area contributed by atoms with E-state index in [2.05, 4.69) is 5.32 Å². The van der Waals surface area contributed by atoms with Crippen LogP contribution in [0.4, 0.5) is 11.4 Å². The molecule has 0 atom stereocenters. The second kappa shape index (κ2) is 7.08. The highest BCUT2D eigenvalue weighted by Crippen LogP contribution is 2.30. The first-order valence-electron chi connectivity index (χ1n) is 7.31. The maximum Gasteiger partial charge on any atom is 0.312 e. The number of nitro groups is 1. The van der Waals surface area contributed by atoms with E-state index in [9.17, 15) is 19.7 Å². The normalized spacial score (nSPS) is 15.1. The summed E-state index contributed by atoms with van der Waals surface area (Å²) in [6.45, 7) is 2.61. The van der Waals surface area contributed by atoms with Gasteiger partial charge in [-0.3, -0.25) is 19.7 Å². The molecule has 23 heavy (non-hydrogen) atoms. The molecule has 0 bridgehead atoms. The first-order chi connectivity index (χ1) is 10.9. The van der Waals surface area contributed by atoms with Crippen molar-refractivity contribution in [1.82, 2.24) is 4.90 Å². The average Bonchev–Trinajstić information content (AvgIpc) is 2.54. The van der Waals surface area contributed by atoms with E-state index in [1.165, 1.54) is 26.2 Å². The van der Waals surface area contributed by atoms with Gasteiger partial charge in [0.25, 0.3) is 0 Å². The number of anilines is 1. The molecule has 1 aliphatic heterocycles. The second-order valence-corrected chi connectivity index (χ2v) is 5.41. The predicted molar refractivity (Wildman–Crippen MR) is 83.3 cm³/mol. The lowest BCUT2D eigenvalue weighted by Gasteiger charge is -2.30. The maximum absolute atomic E-state index is 12.3. The molecular weight excluding hydrogens is 302 g/mol. The second-order valence-electron chi connectivity index (χ2n) is 5.41. The minimum absolute atomic E-state index is 0.00892. The molecule has 1 fully saturated rings. The fourth-order valence-corrected chi connectivity index (χ4v) is 2.61. The van der Waals surface area contributed by atoms with Crippen molar-refractivity contribution in [2.24, 2.45) is 5.92 Å². The summed E-state index contributed by atoms with van der Waals surface area (Å²) in [7, 11) is 1.35. The summed E-state index contributed by atoms with van der Waals surface area (Å²) in [5, 5.41) is 13.7. The van der Waals surface area contributed by atoms with Gasteiger partial charge < -0.3 is 15.0 Å². The van der Waals surface area contributed by atoms with Crippen LogP contribution in [0, 0.1) is 16.0 Å². The monoisotopic (exact) mass is 321 g/mol. The molecule has 1 aliphatic rings. The molecule has 0 radical (unpaired) electrons. The topological polar surface area (TPSA) is 102 Å². The van der Waals surface area contributed by atoms with Gasteiger partial charge in [0, 0.05) is 37.7 Å². The molecule has 1 N–H and O–H groups in total. The number of likely N-dealkylation sites (tertiary alicyclic amines) is 1. The van der Waals surface area contributed by atoms with E-state index in [1.807, 2.05) is 0 Å². The lowest BCUT2D eigenvalue weighted by Crippen LogP contribution is -2.40. The van der Waals surface area contributed by atoms with Crippen LogP contribution in [0.15, 0.2) is 18.2 Å². The third-order valence-electron chi connectivity index (χ3n) is 3.95. The van der Waals surface area contributed by atoms with Gasteiger partial charge in [-0.2, -0.15) is 0 Å². The van der Waals surface area contributed by atoms with Crippen molar-refractivity contribution < 1.29 is 19.2 Å². The number of hydrogen-bond acceptors (Lipinski definition) is 5. The fourth-order valence-electron chi connectivity index (χ4n) is 2.61. The van der Waals surface area contributed by atoms with Gasteiger partial charge in [-0.1, -0.05) is 0 Å². The van der Waals surface area contributed by atoms with E-state index in [0.29, 0.717) is 31.6 Å². The van der Waals surface area contributed by atoms with Crippen LogP contribution in [0.1, 0.15) is 19.8 Å². The summed E-state index contributed by atoms with van der Waals surface area (Å²) in [4.78, 5) is 35.7. The zero-order chi connectivity index (χ0) is 17.0. The molecule has 8 heteroatoms. The van der Waals surface area contributed by atoms with Crippen molar-refractivity contribution in [1.29, 1.82) is 0 Å². The first-order valence-corrected chi connectivity index (χ1v) is 7.31. The Morgan fingerprint density at radius 3 is 2.52 bits per heavy atom. The molecular formula is C15H19N3O5. The Balaban J connectivity index is 2.02. The Hall–Kier alpha value is -2.64. The summed E-state index contributed by atoms with van der Waals surface area (Å²) in [6, 6.07) is 4.29. The van der Waals surface area contributed by atoms with E-state index in [1.54, 1.807) is 11.0 Å². The van der Waals surface area contributed by atoms with Gasteiger partial charge in [0.05, 0.1) is 12.0 Å². The minimum Gasteiger partial charge on any atom is -0.490 e. The largest absolute Gasteiger partial charge is 0.490 e. The number of carbonyl (C=O) groups excluding carboxylic acids is 2. The third kappa shape index (κ3) is 3.97. The Labute approximate surface area is 133 Å². The SMILES string of the molecule is COc1ccc(NC(=O)C2CCN(C(C)=O)CC2)cc1[N+](=O)[O-]. The van der Waals surface area contributed by atoms with Crippen LogP contribution in [0.25, 0.3) is 0 Å². The molecule has 124 valence electrons. The van der Waals surface area contributed by atoms with Crippen LogP contribution in [0.5, 0.6) is 5.75 Å². The Morgan fingerprint density at radius 1 is 1.35 bits per heavy atom. The molecule has 0 spiro atoms. The fraction of sp³-hybridized carbons (Fsp3) is 0.467. The number of carbonyl (C=O) groups is 2. The van der Waals surface area contributed by atoms with Crippen molar-refractivity contribution in [3.8, 4) is 5.75 Å². The zero-order valence-corrected chi connectivity index (χ0v) is 13.1. The van der Waals surface area contributed by atoms with Crippen molar-refractivity contribution in [3.05, 3.63) is 28.3 Å². The highest BCUT2D eigenvalue weighted by Gasteiger charge is 2.26. The molecule has 1 aromatic rings. The Morgan fingerprint density at radius 2 is 2.00 bits per heavy atom. The number of hydrogen-bond donors (Lipinski definition) is 1. The molecule has 1 saturated heterocycles. The number of amides is 2. The van der Waals surface area contributed by atoms with Gasteiger partial charge >= 0.3 is 5.69 Å². The highest BCUT2D eigenvalue weighted by molar-refractivity contribution is 5.93. The van der Waals surface area contributed by atoms with Crippen LogP contribution >= 0.6 is 0 Å². The minimum atomic E-state index is -0.556. The number of nitrogens with zero attached hydrogens (tertiary/aromatic N) is 2. The predicted octanol–water partition coefficient (Wildman–Crippen LogP) is 1.80. The van der Waals surface area contributed by atoms with Gasteiger partial charge in [0.2, 0.25) is 11.8 Å². The molecule has 0 unspecified atom stereocenters. The maximum atomic E-state index is 12.3. The molecule has 2 rings (SSSR count). The van der Waals surface area contributed by atoms with Crippen LogP contribution in [0.3, 0.4) is 0 Å². The summed E-state index contributed by atoms with van der Waals surface area (Å²) < 4.78 is 4.93. The van der Waals surface area contributed by atoms with E-state index >= 15 is 0 Å². The van der Waals surface area contributed by atoms with Crippen LogP contribution < -0.4 is 10.1 Å². The van der Waals surface area contributed by atoms with Gasteiger partial charge in [-0.25, -0.2) is 0 Å². The smallest absolute Gasteiger partial charge is 0.312 e. The van der Waals surface area contributed by atoms with Gasteiger partial charge in [0.15, 0.2) is 5.75 Å². The zero-order valence-electron chi connectivity index (χ0n) is 13.1. The lowest BCUT2D eigenvalue weighted by atomic mass is 9.96. The van der Waals surface area contributed by atoms with E-state index < -0.39 is 4.92 Å². The van der Waals surface area contributed by atoms with Crippen molar-refractivity contribution in [2.45, 2.75) is 19.8 Å². The molecule has 8 nitrogen and oxygen atoms in total. The highest BCUT2D eigenvalue weighted by atomic mass is 16.6. The summed E-state index contributed by atoms with van der Waals surface area (Å²) in [6.07, 6.45) is 1.17. The molecule has 0 aromatic heterocycles. The van der Waals surface area contributed by atoms with E-state index in [4.69, 9.17) is 4.74 Å². The number of nitrogens with one attached hydrogen (secondary N) is 1. The lowest BCUT2D eigenvalue weighted by molar-refractivity contribution is -0.385. The molecule has 1 aromatic carbocycles. The standard InChI is InChI=1S/C15H19N3O5/c1-10(19)17-7-5-11(6-8-17)15(20)16-12-3-4-14(23-2)13(9-12)18(21)22/h3-4,9,11H,5-8H2,1-2H3,(H,16,20). The number of nitro benzene ring substituents is 1. The molecule has 0 saturated carbocycles. The summed E-state index contributed by atoms with van der Waals surface area (Å²) in [5.74, 6) is -0.239. The number of piperidine rings is 1. The van der Waals surface area contributed by atoms with Crippen molar-refractivity contribution in [2.75, 3.05) is 25.5 Å². The van der Waals surface area contributed by atoms with Crippen molar-refractivity contribution >= 4 is 23.2 Å². The first kappa shape index (κ1) is 16.7. The van der Waals surface area contributed by atoms with E-state index in [-0.39, 0.29) is 29.2 Å². The van der Waals surface area contributed by atoms with Crippen LogP contribution in [-0.2, 0) is 9.59 Å². The Kier molecular flexibility index (Phi) is 5.15. The average molecular weight is 321 g/mol.